The number of allylic oxidation sites excluding steroid dienone is 2. The number of ether oxygens (including phenoxy) is 2. The summed E-state index contributed by atoms with van der Waals surface area (Å²) in [5, 5.41) is 9.34. The van der Waals surface area contributed by atoms with Crippen LogP contribution >= 0.6 is 0 Å². The zero-order valence-electron chi connectivity index (χ0n) is 19.8. The lowest BCUT2D eigenvalue weighted by atomic mass is 9.52. The number of esters is 2. The lowest BCUT2D eigenvalue weighted by molar-refractivity contribution is -0.161. The highest BCUT2D eigenvalue weighted by Gasteiger charge is 2.47. The highest BCUT2D eigenvalue weighted by atomic mass is 16.6. The van der Waals surface area contributed by atoms with Gasteiger partial charge in [0.1, 0.15) is 6.61 Å². The average molecular weight is 423 g/mol. The predicted octanol–water partition coefficient (Wildman–Crippen LogP) is 5.06. The average Bonchev–Trinajstić information content (AvgIpc) is 2.66. The quantitative estimate of drug-likeness (QED) is 0.415. The summed E-state index contributed by atoms with van der Waals surface area (Å²) in [4.78, 5) is 23.2. The molecule has 0 aromatic heterocycles. The molecule has 5 nitrogen and oxygen atoms in total. The van der Waals surface area contributed by atoms with Gasteiger partial charge in [0.25, 0.3) is 0 Å². The number of hydrogen-bond acceptors (Lipinski definition) is 5. The van der Waals surface area contributed by atoms with E-state index in [0.29, 0.717) is 23.7 Å². The van der Waals surface area contributed by atoms with Crippen LogP contribution in [0.15, 0.2) is 11.6 Å². The lowest BCUT2D eigenvalue weighted by Gasteiger charge is -2.53. The van der Waals surface area contributed by atoms with Gasteiger partial charge < -0.3 is 14.6 Å². The fraction of sp³-hybridized carbons (Fsp3) is 0.840. The van der Waals surface area contributed by atoms with Gasteiger partial charge in [0.15, 0.2) is 6.10 Å². The van der Waals surface area contributed by atoms with Crippen molar-refractivity contribution in [2.75, 3.05) is 13.2 Å². The third kappa shape index (κ3) is 6.09. The van der Waals surface area contributed by atoms with Crippen LogP contribution < -0.4 is 0 Å². The van der Waals surface area contributed by atoms with E-state index in [9.17, 15) is 14.7 Å². The van der Waals surface area contributed by atoms with Crippen LogP contribution in [-0.4, -0.2) is 36.4 Å². The Bertz CT molecular complexity index is 637. The third-order valence-corrected chi connectivity index (χ3v) is 7.75. The zero-order valence-corrected chi connectivity index (χ0v) is 19.8. The second-order valence-electron chi connectivity index (χ2n) is 10.6. The summed E-state index contributed by atoms with van der Waals surface area (Å²) in [6.45, 7) is 12.6. The summed E-state index contributed by atoms with van der Waals surface area (Å²) in [6.07, 6.45) is 9.10. The second-order valence-corrected chi connectivity index (χ2v) is 10.6. The summed E-state index contributed by atoms with van der Waals surface area (Å²) in [5.74, 6) is 0.736. The van der Waals surface area contributed by atoms with Crippen molar-refractivity contribution < 1.29 is 24.2 Å². The Labute approximate surface area is 182 Å². The van der Waals surface area contributed by atoms with E-state index in [-0.39, 0.29) is 30.5 Å². The number of aliphatic hydroxyl groups is 1. The molecule has 0 saturated heterocycles. The molecule has 0 bridgehead atoms. The molecule has 5 heteroatoms. The molecule has 1 unspecified atom stereocenters. The molecular weight excluding hydrogens is 380 g/mol. The summed E-state index contributed by atoms with van der Waals surface area (Å²) in [6, 6.07) is 0. The molecule has 0 aromatic carbocycles. The molecule has 1 fully saturated rings. The number of fused-ring (bicyclic) bond motifs is 1. The number of rotatable bonds is 9. The molecule has 1 saturated carbocycles. The van der Waals surface area contributed by atoms with E-state index in [1.165, 1.54) is 32.6 Å². The molecule has 1 N–H and O–H groups in total. The van der Waals surface area contributed by atoms with Gasteiger partial charge in [-0.3, -0.25) is 9.59 Å². The topological polar surface area (TPSA) is 72.8 Å². The van der Waals surface area contributed by atoms with Gasteiger partial charge >= 0.3 is 11.9 Å². The van der Waals surface area contributed by atoms with E-state index in [0.717, 1.165) is 12.8 Å². The maximum absolute atomic E-state index is 12.3. The van der Waals surface area contributed by atoms with E-state index in [2.05, 4.69) is 40.7 Å². The van der Waals surface area contributed by atoms with Crippen LogP contribution in [-0.2, 0) is 19.1 Å². The SMILES string of the molecule is CC(=O)OC[C@H](CO)OC(=O)CC(C)CC[C@]1(C)C2=CCCC(C)(C)[C@H]2CC[C@@H]1C. The van der Waals surface area contributed by atoms with E-state index in [4.69, 9.17) is 9.47 Å². The summed E-state index contributed by atoms with van der Waals surface area (Å²) < 4.78 is 10.1. The van der Waals surface area contributed by atoms with Crippen molar-refractivity contribution in [1.82, 2.24) is 0 Å². The number of carbonyl (C=O) groups is 2. The van der Waals surface area contributed by atoms with E-state index in [1.807, 2.05) is 0 Å². The smallest absolute Gasteiger partial charge is 0.306 e. The minimum atomic E-state index is -0.792. The standard InChI is InChI=1S/C25H42O5/c1-17(14-23(28)30-20(15-26)16-29-19(3)27)11-13-25(6)18(2)9-10-21-22(25)8-7-12-24(21,4)5/h8,17-18,20-21,26H,7,9-16H2,1-6H3/t17?,18-,20-,21-,25-/m0/s1. The molecule has 2 rings (SSSR count). The molecular formula is C25H42O5. The van der Waals surface area contributed by atoms with E-state index < -0.39 is 12.1 Å². The van der Waals surface area contributed by atoms with Crippen molar-refractivity contribution in [2.24, 2.45) is 28.6 Å². The van der Waals surface area contributed by atoms with Crippen LogP contribution in [0.1, 0.15) is 86.5 Å². The van der Waals surface area contributed by atoms with Gasteiger partial charge in [0.05, 0.1) is 6.61 Å². The first-order chi connectivity index (χ1) is 14.0. The van der Waals surface area contributed by atoms with Gasteiger partial charge in [-0.25, -0.2) is 0 Å². The van der Waals surface area contributed by atoms with Crippen molar-refractivity contribution in [3.8, 4) is 0 Å². The Balaban J connectivity index is 1.92. The predicted molar refractivity (Wildman–Crippen MR) is 118 cm³/mol. The number of aliphatic hydroxyl groups excluding tert-OH is 1. The molecule has 0 spiro atoms. The maximum Gasteiger partial charge on any atom is 0.306 e. The Morgan fingerprint density at radius 2 is 1.97 bits per heavy atom. The number of hydrogen-bond donors (Lipinski definition) is 1. The molecule has 5 atom stereocenters. The molecule has 30 heavy (non-hydrogen) atoms. The Morgan fingerprint density at radius 1 is 1.27 bits per heavy atom. The Morgan fingerprint density at radius 3 is 2.60 bits per heavy atom. The van der Waals surface area contributed by atoms with Gasteiger partial charge in [-0.15, -0.1) is 0 Å². The maximum atomic E-state index is 12.3. The van der Waals surface area contributed by atoms with Crippen LogP contribution in [0.5, 0.6) is 0 Å². The normalized spacial score (nSPS) is 29.9. The first kappa shape index (κ1) is 24.9. The van der Waals surface area contributed by atoms with Crippen LogP contribution in [0.3, 0.4) is 0 Å². The molecule has 0 amide bonds. The van der Waals surface area contributed by atoms with E-state index >= 15 is 0 Å². The largest absolute Gasteiger partial charge is 0.462 e. The van der Waals surface area contributed by atoms with Crippen molar-refractivity contribution in [3.63, 3.8) is 0 Å². The highest BCUT2D eigenvalue weighted by molar-refractivity contribution is 5.70. The minimum absolute atomic E-state index is 0.104. The van der Waals surface area contributed by atoms with Gasteiger partial charge in [0.2, 0.25) is 0 Å². The fourth-order valence-electron chi connectivity index (χ4n) is 5.43. The molecule has 0 radical (unpaired) electrons. The Hall–Kier alpha value is -1.36. The van der Waals surface area contributed by atoms with Gasteiger partial charge in [-0.1, -0.05) is 46.3 Å². The Kier molecular flexibility index (Phi) is 8.55. The van der Waals surface area contributed by atoms with Crippen LogP contribution in [0.2, 0.25) is 0 Å². The molecule has 172 valence electrons. The molecule has 0 heterocycles. The second kappa shape index (κ2) is 10.3. The molecule has 0 aliphatic heterocycles. The monoisotopic (exact) mass is 422 g/mol. The van der Waals surface area contributed by atoms with Gasteiger partial charge in [0, 0.05) is 13.3 Å². The fourth-order valence-corrected chi connectivity index (χ4v) is 5.43. The van der Waals surface area contributed by atoms with Gasteiger partial charge in [-0.05, 0) is 67.1 Å². The lowest BCUT2D eigenvalue weighted by Crippen LogP contribution is -2.43. The first-order valence-corrected chi connectivity index (χ1v) is 11.6. The zero-order chi connectivity index (χ0) is 22.5. The van der Waals surface area contributed by atoms with Crippen LogP contribution in [0.4, 0.5) is 0 Å². The van der Waals surface area contributed by atoms with Crippen LogP contribution in [0.25, 0.3) is 0 Å². The third-order valence-electron chi connectivity index (χ3n) is 7.75. The highest BCUT2D eigenvalue weighted by Crippen LogP contribution is 2.58. The summed E-state index contributed by atoms with van der Waals surface area (Å²) in [7, 11) is 0. The van der Waals surface area contributed by atoms with Crippen molar-refractivity contribution in [3.05, 3.63) is 11.6 Å². The summed E-state index contributed by atoms with van der Waals surface area (Å²) in [5.41, 5.74) is 2.23. The molecule has 0 aromatic rings. The summed E-state index contributed by atoms with van der Waals surface area (Å²) >= 11 is 0. The van der Waals surface area contributed by atoms with E-state index in [1.54, 1.807) is 5.57 Å². The molecule has 2 aliphatic carbocycles. The first-order valence-electron chi connectivity index (χ1n) is 11.6. The molecule has 2 aliphatic rings. The van der Waals surface area contributed by atoms with Gasteiger partial charge in [-0.2, -0.15) is 0 Å². The number of carbonyl (C=O) groups excluding carboxylic acids is 2. The van der Waals surface area contributed by atoms with Crippen molar-refractivity contribution in [2.45, 2.75) is 92.6 Å². The van der Waals surface area contributed by atoms with Crippen LogP contribution in [0, 0.1) is 28.6 Å². The van der Waals surface area contributed by atoms with Crippen molar-refractivity contribution in [1.29, 1.82) is 0 Å². The minimum Gasteiger partial charge on any atom is -0.462 e. The van der Waals surface area contributed by atoms with Crippen molar-refractivity contribution >= 4 is 11.9 Å².